The molecule has 0 spiro atoms. The molecule has 1 fully saturated rings. The van der Waals surface area contributed by atoms with Gasteiger partial charge in [-0.3, -0.25) is 9.69 Å². The SMILES string of the molecule is COc1ccc2c(ccc(=O)n2C2CCN(Cc3ccccc3)CC2)c1. The van der Waals surface area contributed by atoms with Crippen LogP contribution in [0.4, 0.5) is 0 Å². The van der Waals surface area contributed by atoms with Crippen molar-refractivity contribution in [2.24, 2.45) is 0 Å². The largest absolute Gasteiger partial charge is 0.497 e. The molecule has 0 amide bonds. The van der Waals surface area contributed by atoms with Gasteiger partial charge >= 0.3 is 0 Å². The molecule has 134 valence electrons. The second-order valence-corrected chi connectivity index (χ2v) is 6.96. The fourth-order valence-corrected chi connectivity index (χ4v) is 3.93. The molecular formula is C22H24N2O2. The van der Waals surface area contributed by atoms with Crippen LogP contribution in [-0.2, 0) is 6.54 Å². The van der Waals surface area contributed by atoms with Crippen molar-refractivity contribution in [3.63, 3.8) is 0 Å². The molecule has 0 aliphatic carbocycles. The average Bonchev–Trinajstić information content (AvgIpc) is 2.69. The van der Waals surface area contributed by atoms with Gasteiger partial charge in [0.2, 0.25) is 0 Å². The molecule has 0 bridgehead atoms. The Bertz CT molecular complexity index is 941. The van der Waals surface area contributed by atoms with E-state index < -0.39 is 0 Å². The fraction of sp³-hybridized carbons (Fsp3) is 0.318. The number of benzene rings is 2. The molecule has 1 saturated heterocycles. The molecule has 3 aromatic rings. The van der Waals surface area contributed by atoms with Crippen LogP contribution in [0.3, 0.4) is 0 Å². The van der Waals surface area contributed by atoms with Crippen LogP contribution in [0.1, 0.15) is 24.4 Å². The van der Waals surface area contributed by atoms with Gasteiger partial charge in [0.1, 0.15) is 5.75 Å². The van der Waals surface area contributed by atoms with Gasteiger partial charge in [-0.15, -0.1) is 0 Å². The summed E-state index contributed by atoms with van der Waals surface area (Å²) in [5.74, 6) is 0.820. The summed E-state index contributed by atoms with van der Waals surface area (Å²) < 4.78 is 7.30. The minimum Gasteiger partial charge on any atom is -0.497 e. The first-order valence-electron chi connectivity index (χ1n) is 9.20. The summed E-state index contributed by atoms with van der Waals surface area (Å²) in [4.78, 5) is 15.1. The van der Waals surface area contributed by atoms with E-state index in [1.54, 1.807) is 13.2 Å². The van der Waals surface area contributed by atoms with Crippen molar-refractivity contribution >= 4 is 10.9 Å². The molecular weight excluding hydrogens is 324 g/mol. The summed E-state index contributed by atoms with van der Waals surface area (Å²) in [6.07, 6.45) is 2.00. The molecule has 1 aromatic heterocycles. The topological polar surface area (TPSA) is 34.5 Å². The lowest BCUT2D eigenvalue weighted by molar-refractivity contribution is 0.180. The normalized spacial score (nSPS) is 16.0. The molecule has 2 heterocycles. The number of methoxy groups -OCH3 is 1. The average molecular weight is 348 g/mol. The summed E-state index contributed by atoms with van der Waals surface area (Å²) in [5, 5.41) is 1.05. The number of piperidine rings is 1. The number of hydrogen-bond acceptors (Lipinski definition) is 3. The smallest absolute Gasteiger partial charge is 0.251 e. The molecule has 2 aromatic carbocycles. The van der Waals surface area contributed by atoms with Gasteiger partial charge in [0.25, 0.3) is 5.56 Å². The Morgan fingerprint density at radius 1 is 1.00 bits per heavy atom. The Kier molecular flexibility index (Phi) is 4.76. The Morgan fingerprint density at radius 2 is 1.77 bits per heavy atom. The summed E-state index contributed by atoms with van der Waals surface area (Å²) in [6, 6.07) is 20.3. The quantitative estimate of drug-likeness (QED) is 0.718. The van der Waals surface area contributed by atoms with Crippen molar-refractivity contribution in [1.29, 1.82) is 0 Å². The molecule has 0 N–H and O–H groups in total. The van der Waals surface area contributed by atoms with E-state index in [0.29, 0.717) is 0 Å². The van der Waals surface area contributed by atoms with Crippen molar-refractivity contribution in [1.82, 2.24) is 9.47 Å². The highest BCUT2D eigenvalue weighted by Gasteiger charge is 2.22. The predicted octanol–water partition coefficient (Wildman–Crippen LogP) is 3.85. The summed E-state index contributed by atoms with van der Waals surface area (Å²) >= 11 is 0. The standard InChI is InChI=1S/C22H24N2O2/c1-26-20-8-9-21-18(15-20)7-10-22(25)24(21)19-11-13-23(14-12-19)16-17-5-3-2-4-6-17/h2-10,15,19H,11-14,16H2,1H3. The van der Waals surface area contributed by atoms with Gasteiger partial charge in [-0.25, -0.2) is 0 Å². The van der Waals surface area contributed by atoms with E-state index in [4.69, 9.17) is 4.74 Å². The van der Waals surface area contributed by atoms with Gasteiger partial charge < -0.3 is 9.30 Å². The van der Waals surface area contributed by atoms with Gasteiger partial charge in [-0.1, -0.05) is 30.3 Å². The maximum Gasteiger partial charge on any atom is 0.251 e. The van der Waals surface area contributed by atoms with Crippen molar-refractivity contribution in [3.05, 3.63) is 76.6 Å². The number of likely N-dealkylation sites (tertiary alicyclic amines) is 1. The maximum atomic E-state index is 12.6. The minimum absolute atomic E-state index is 0.0872. The lowest BCUT2D eigenvalue weighted by Crippen LogP contribution is -2.37. The number of aromatic nitrogens is 1. The first-order valence-corrected chi connectivity index (χ1v) is 9.20. The second-order valence-electron chi connectivity index (χ2n) is 6.96. The molecule has 1 aliphatic rings. The number of rotatable bonds is 4. The van der Waals surface area contributed by atoms with E-state index in [-0.39, 0.29) is 11.6 Å². The first-order chi connectivity index (χ1) is 12.7. The molecule has 0 atom stereocenters. The van der Waals surface area contributed by atoms with Crippen LogP contribution < -0.4 is 10.3 Å². The molecule has 26 heavy (non-hydrogen) atoms. The van der Waals surface area contributed by atoms with Crippen LogP contribution in [0.5, 0.6) is 5.75 Å². The van der Waals surface area contributed by atoms with E-state index in [1.165, 1.54) is 5.56 Å². The van der Waals surface area contributed by atoms with Crippen LogP contribution >= 0.6 is 0 Å². The minimum atomic E-state index is 0.0872. The monoisotopic (exact) mass is 348 g/mol. The van der Waals surface area contributed by atoms with E-state index >= 15 is 0 Å². The Labute approximate surface area is 153 Å². The van der Waals surface area contributed by atoms with Gasteiger partial charge in [0, 0.05) is 37.1 Å². The molecule has 0 unspecified atom stereocenters. The zero-order chi connectivity index (χ0) is 17.9. The maximum absolute atomic E-state index is 12.6. The van der Waals surface area contributed by atoms with Crippen LogP contribution in [0.25, 0.3) is 10.9 Å². The number of pyridine rings is 1. The van der Waals surface area contributed by atoms with Crippen LogP contribution in [0.2, 0.25) is 0 Å². The van der Waals surface area contributed by atoms with E-state index in [9.17, 15) is 4.79 Å². The lowest BCUT2D eigenvalue weighted by Gasteiger charge is -2.33. The molecule has 4 heteroatoms. The zero-order valence-corrected chi connectivity index (χ0v) is 15.1. The van der Waals surface area contributed by atoms with Crippen LogP contribution in [-0.4, -0.2) is 29.7 Å². The highest BCUT2D eigenvalue weighted by Crippen LogP contribution is 2.27. The van der Waals surface area contributed by atoms with Crippen molar-refractivity contribution < 1.29 is 4.74 Å². The van der Waals surface area contributed by atoms with Crippen LogP contribution in [0.15, 0.2) is 65.5 Å². The van der Waals surface area contributed by atoms with Gasteiger partial charge in [0.15, 0.2) is 0 Å². The van der Waals surface area contributed by atoms with E-state index in [2.05, 4.69) is 35.2 Å². The fourth-order valence-electron chi connectivity index (χ4n) is 3.93. The predicted molar refractivity (Wildman–Crippen MR) is 105 cm³/mol. The number of ether oxygens (including phenoxy) is 1. The highest BCUT2D eigenvalue weighted by molar-refractivity contribution is 5.80. The third-order valence-electron chi connectivity index (χ3n) is 5.31. The summed E-state index contributed by atoms with van der Waals surface area (Å²) in [7, 11) is 1.67. The van der Waals surface area contributed by atoms with Crippen molar-refractivity contribution in [2.75, 3.05) is 20.2 Å². The number of nitrogens with zero attached hydrogens (tertiary/aromatic N) is 2. The Morgan fingerprint density at radius 3 is 2.50 bits per heavy atom. The summed E-state index contributed by atoms with van der Waals surface area (Å²) in [5.41, 5.74) is 2.43. The second kappa shape index (κ2) is 7.34. The van der Waals surface area contributed by atoms with E-state index in [1.807, 2.05) is 28.8 Å². The molecule has 4 rings (SSSR count). The van der Waals surface area contributed by atoms with Crippen LogP contribution in [0, 0.1) is 0 Å². The van der Waals surface area contributed by atoms with Gasteiger partial charge in [-0.2, -0.15) is 0 Å². The Balaban J connectivity index is 1.54. The number of hydrogen-bond donors (Lipinski definition) is 0. The van der Waals surface area contributed by atoms with Gasteiger partial charge in [0.05, 0.1) is 12.6 Å². The molecule has 0 radical (unpaired) electrons. The third kappa shape index (κ3) is 3.37. The molecule has 0 saturated carbocycles. The Hall–Kier alpha value is -2.59. The third-order valence-corrected chi connectivity index (χ3v) is 5.31. The summed E-state index contributed by atoms with van der Waals surface area (Å²) in [6.45, 7) is 3.01. The first kappa shape index (κ1) is 16.9. The van der Waals surface area contributed by atoms with E-state index in [0.717, 1.165) is 49.1 Å². The van der Waals surface area contributed by atoms with Crippen molar-refractivity contribution in [2.45, 2.75) is 25.4 Å². The zero-order valence-electron chi connectivity index (χ0n) is 15.1. The molecule has 4 nitrogen and oxygen atoms in total. The highest BCUT2D eigenvalue weighted by atomic mass is 16.5. The lowest BCUT2D eigenvalue weighted by atomic mass is 10.0. The van der Waals surface area contributed by atoms with Crippen molar-refractivity contribution in [3.8, 4) is 5.75 Å². The molecule has 1 aliphatic heterocycles. The number of fused-ring (bicyclic) bond motifs is 1. The van der Waals surface area contributed by atoms with Gasteiger partial charge in [-0.05, 0) is 42.7 Å².